The van der Waals surface area contributed by atoms with E-state index in [9.17, 15) is 29.3 Å². The van der Waals surface area contributed by atoms with Crippen LogP contribution < -0.4 is 5.32 Å². The SMILES string of the molecule is CC(=O)SC[C@]1(C)S[C@@H]2[C@H](NC(=O)Cc3ccccc3)C(=O)N2[C@H]1C(=O)OCc1ccc([N+](=O)[O-])cc1. The van der Waals surface area contributed by atoms with Crippen molar-refractivity contribution in [1.29, 1.82) is 0 Å². The molecule has 12 heteroatoms. The molecule has 2 aliphatic rings. The van der Waals surface area contributed by atoms with Crippen LogP contribution >= 0.6 is 23.5 Å². The molecule has 2 saturated heterocycles. The van der Waals surface area contributed by atoms with E-state index in [1.54, 1.807) is 6.92 Å². The van der Waals surface area contributed by atoms with E-state index in [1.165, 1.54) is 47.9 Å². The highest BCUT2D eigenvalue weighted by molar-refractivity contribution is 8.14. The predicted octanol–water partition coefficient (Wildman–Crippen LogP) is 2.69. The second-order valence-electron chi connectivity index (χ2n) is 8.99. The standard InChI is InChI=1S/C25H25N3O7S2/c1-15(29)36-14-25(2)21(24(32)35-13-17-8-10-18(11-9-17)28(33)34)27-22(31)20(23(27)37-25)26-19(30)12-16-6-4-3-5-7-16/h3-11,20-21,23H,12-14H2,1-2H3,(H,26,30)/t20-,21+,23-,25+/m1/s1. The van der Waals surface area contributed by atoms with Crippen molar-refractivity contribution in [2.45, 2.75) is 49.1 Å². The summed E-state index contributed by atoms with van der Waals surface area (Å²) in [6, 6.07) is 13.1. The fourth-order valence-corrected chi connectivity index (χ4v) is 6.97. The van der Waals surface area contributed by atoms with Crippen molar-refractivity contribution in [2.75, 3.05) is 5.75 Å². The summed E-state index contributed by atoms with van der Waals surface area (Å²) >= 11 is 2.43. The minimum absolute atomic E-state index is 0.0783. The van der Waals surface area contributed by atoms with Crippen LogP contribution in [0.1, 0.15) is 25.0 Å². The number of fused-ring (bicyclic) bond motifs is 1. The zero-order valence-electron chi connectivity index (χ0n) is 20.1. The lowest BCUT2D eigenvalue weighted by Crippen LogP contribution is -2.71. The second kappa shape index (κ2) is 10.9. The van der Waals surface area contributed by atoms with Crippen molar-refractivity contribution in [1.82, 2.24) is 10.2 Å². The van der Waals surface area contributed by atoms with Crippen LogP contribution in [0, 0.1) is 10.1 Å². The molecule has 2 aromatic rings. The molecule has 10 nitrogen and oxygen atoms in total. The number of thioether (sulfide) groups is 2. The van der Waals surface area contributed by atoms with E-state index < -0.39 is 33.1 Å². The number of benzene rings is 2. The summed E-state index contributed by atoms with van der Waals surface area (Å²) in [6.45, 7) is 3.11. The summed E-state index contributed by atoms with van der Waals surface area (Å²) in [7, 11) is 0. The fraction of sp³-hybridized carbons (Fsp3) is 0.360. The first-order valence-electron chi connectivity index (χ1n) is 11.5. The molecular weight excluding hydrogens is 518 g/mol. The third kappa shape index (κ3) is 5.80. The van der Waals surface area contributed by atoms with Gasteiger partial charge in [-0.1, -0.05) is 42.1 Å². The van der Waals surface area contributed by atoms with Gasteiger partial charge in [-0.3, -0.25) is 24.5 Å². The zero-order chi connectivity index (χ0) is 26.7. The summed E-state index contributed by atoms with van der Waals surface area (Å²) in [5, 5.41) is 13.1. The lowest BCUT2D eigenvalue weighted by Gasteiger charge is -2.44. The molecule has 0 spiro atoms. The number of rotatable bonds is 9. The number of hydrogen-bond acceptors (Lipinski definition) is 9. The Morgan fingerprint density at radius 2 is 1.81 bits per heavy atom. The van der Waals surface area contributed by atoms with Gasteiger partial charge in [-0.25, -0.2) is 4.79 Å². The number of nitrogens with zero attached hydrogens (tertiary/aromatic N) is 2. The normalized spacial score (nSPS) is 24.1. The molecule has 194 valence electrons. The molecule has 4 rings (SSSR count). The predicted molar refractivity (Wildman–Crippen MR) is 139 cm³/mol. The van der Waals surface area contributed by atoms with E-state index in [0.717, 1.165) is 17.3 Å². The van der Waals surface area contributed by atoms with Crippen molar-refractivity contribution in [3.8, 4) is 0 Å². The van der Waals surface area contributed by atoms with Crippen LogP contribution in [0.15, 0.2) is 54.6 Å². The summed E-state index contributed by atoms with van der Waals surface area (Å²) < 4.78 is 4.68. The number of nitrogens with one attached hydrogen (secondary N) is 1. The number of non-ortho nitro benzene ring substituents is 1. The molecule has 2 fully saturated rings. The molecule has 0 aliphatic carbocycles. The van der Waals surface area contributed by atoms with Gasteiger partial charge in [-0.05, 0) is 30.2 Å². The Labute approximate surface area is 221 Å². The van der Waals surface area contributed by atoms with Crippen LogP contribution in [0.2, 0.25) is 0 Å². The van der Waals surface area contributed by atoms with Crippen LogP contribution in [0.4, 0.5) is 5.69 Å². The number of amides is 2. The van der Waals surface area contributed by atoms with E-state index in [0.29, 0.717) is 5.56 Å². The van der Waals surface area contributed by atoms with Gasteiger partial charge in [0, 0.05) is 24.8 Å². The topological polar surface area (TPSA) is 136 Å². The Balaban J connectivity index is 1.45. The molecule has 0 unspecified atom stereocenters. The summed E-state index contributed by atoms with van der Waals surface area (Å²) in [5.41, 5.74) is 1.30. The molecular formula is C25H25N3O7S2. The van der Waals surface area contributed by atoms with Crippen LogP contribution in [0.3, 0.4) is 0 Å². The number of nitro benzene ring substituents is 1. The molecule has 4 atom stereocenters. The first-order valence-corrected chi connectivity index (χ1v) is 13.3. The van der Waals surface area contributed by atoms with Gasteiger partial charge >= 0.3 is 5.97 Å². The van der Waals surface area contributed by atoms with E-state index >= 15 is 0 Å². The average Bonchev–Trinajstić information content (AvgIpc) is 3.15. The van der Waals surface area contributed by atoms with Gasteiger partial charge in [0.2, 0.25) is 11.8 Å². The number of hydrogen-bond donors (Lipinski definition) is 1. The van der Waals surface area contributed by atoms with Crippen molar-refractivity contribution in [3.63, 3.8) is 0 Å². The molecule has 1 N–H and O–H groups in total. The maximum Gasteiger partial charge on any atom is 0.330 e. The fourth-order valence-electron chi connectivity index (χ4n) is 4.33. The second-order valence-corrected chi connectivity index (χ2v) is 11.8. The molecule has 2 aromatic carbocycles. The van der Waals surface area contributed by atoms with E-state index in [-0.39, 0.29) is 41.4 Å². The lowest BCUT2D eigenvalue weighted by atomic mass is 9.95. The van der Waals surface area contributed by atoms with Gasteiger partial charge in [0.25, 0.3) is 5.69 Å². The Morgan fingerprint density at radius 1 is 1.14 bits per heavy atom. The highest BCUT2D eigenvalue weighted by Crippen LogP contribution is 2.52. The number of ether oxygens (including phenoxy) is 1. The molecule has 37 heavy (non-hydrogen) atoms. The lowest BCUT2D eigenvalue weighted by molar-refractivity contribution is -0.384. The van der Waals surface area contributed by atoms with E-state index in [2.05, 4.69) is 5.32 Å². The highest BCUT2D eigenvalue weighted by atomic mass is 32.2. The molecule has 2 aliphatic heterocycles. The smallest absolute Gasteiger partial charge is 0.330 e. The number of esters is 1. The quantitative estimate of drug-likeness (QED) is 0.219. The zero-order valence-corrected chi connectivity index (χ0v) is 21.8. The third-order valence-electron chi connectivity index (χ3n) is 6.16. The van der Waals surface area contributed by atoms with Gasteiger partial charge in [0.15, 0.2) is 5.12 Å². The van der Waals surface area contributed by atoms with E-state index in [1.807, 2.05) is 30.3 Å². The van der Waals surface area contributed by atoms with Crippen LogP contribution in [0.25, 0.3) is 0 Å². The minimum Gasteiger partial charge on any atom is -0.459 e. The average molecular weight is 544 g/mol. The van der Waals surface area contributed by atoms with Crippen LogP contribution in [-0.2, 0) is 36.9 Å². The van der Waals surface area contributed by atoms with Gasteiger partial charge < -0.3 is 15.0 Å². The highest BCUT2D eigenvalue weighted by Gasteiger charge is 2.66. The Hall–Kier alpha value is -3.38. The third-order valence-corrected chi connectivity index (χ3v) is 9.14. The van der Waals surface area contributed by atoms with Gasteiger partial charge in [-0.15, -0.1) is 11.8 Å². The van der Waals surface area contributed by atoms with Crippen molar-refractivity contribution >= 4 is 52.1 Å². The van der Waals surface area contributed by atoms with Gasteiger partial charge in [0.05, 0.1) is 16.1 Å². The number of carbonyl (C=O) groups excluding carboxylic acids is 4. The maximum atomic E-state index is 13.2. The Bertz CT molecular complexity index is 1220. The molecule has 0 aromatic heterocycles. The molecule has 0 bridgehead atoms. The number of carbonyl (C=O) groups is 4. The number of nitro groups is 1. The van der Waals surface area contributed by atoms with Gasteiger partial charge in [-0.2, -0.15) is 0 Å². The largest absolute Gasteiger partial charge is 0.459 e. The molecule has 2 amide bonds. The number of β-lactam (4-membered cyclic amide) rings is 1. The summed E-state index contributed by atoms with van der Waals surface area (Å²) in [4.78, 5) is 62.4. The molecule has 2 heterocycles. The van der Waals surface area contributed by atoms with Crippen LogP contribution in [0.5, 0.6) is 0 Å². The first kappa shape index (κ1) is 26.7. The Morgan fingerprint density at radius 3 is 2.43 bits per heavy atom. The van der Waals surface area contributed by atoms with E-state index in [4.69, 9.17) is 4.74 Å². The van der Waals surface area contributed by atoms with Crippen molar-refractivity contribution in [2.24, 2.45) is 0 Å². The molecule has 0 saturated carbocycles. The minimum atomic E-state index is -0.956. The molecule has 0 radical (unpaired) electrons. The Kier molecular flexibility index (Phi) is 7.88. The summed E-state index contributed by atoms with van der Waals surface area (Å²) in [5.74, 6) is -1.04. The first-order chi connectivity index (χ1) is 17.6. The van der Waals surface area contributed by atoms with Crippen LogP contribution in [-0.4, -0.2) is 60.7 Å². The summed E-state index contributed by atoms with van der Waals surface area (Å²) in [6.07, 6.45) is 0.125. The van der Waals surface area contributed by atoms with Gasteiger partial charge in [0.1, 0.15) is 24.1 Å². The van der Waals surface area contributed by atoms with Crippen molar-refractivity contribution < 1.29 is 28.8 Å². The monoisotopic (exact) mass is 543 g/mol. The van der Waals surface area contributed by atoms with Crippen molar-refractivity contribution in [3.05, 3.63) is 75.8 Å². The maximum absolute atomic E-state index is 13.2.